The molecular weight excluding hydrogens is 375 g/mol. The Kier molecular flexibility index (Phi) is 5.72. The zero-order chi connectivity index (χ0) is 13.9. The fourth-order valence-electron chi connectivity index (χ4n) is 2.88. The van der Waals surface area contributed by atoms with E-state index in [2.05, 4.69) is 51.7 Å². The van der Waals surface area contributed by atoms with Gasteiger partial charge in [-0.05, 0) is 37.8 Å². The lowest BCUT2D eigenvalue weighted by Gasteiger charge is -2.25. The van der Waals surface area contributed by atoms with Crippen LogP contribution in [0.5, 0.6) is 0 Å². The van der Waals surface area contributed by atoms with Gasteiger partial charge in [-0.15, -0.1) is 24.0 Å². The topological polar surface area (TPSA) is 39.7 Å². The largest absolute Gasteiger partial charge is 0.367 e. The van der Waals surface area contributed by atoms with Crippen LogP contribution in [0, 0.1) is 0 Å². The summed E-state index contributed by atoms with van der Waals surface area (Å²) in [4.78, 5) is 6.76. The van der Waals surface area contributed by atoms with Crippen molar-refractivity contribution in [2.75, 3.05) is 25.0 Å². The average molecular weight is 400 g/mol. The lowest BCUT2D eigenvalue weighted by atomic mass is 10.1. The fraction of sp³-hybridized carbons (Fsp3) is 0.562. The maximum atomic E-state index is 4.27. The molecule has 0 saturated heterocycles. The zero-order valence-electron chi connectivity index (χ0n) is 12.8. The van der Waals surface area contributed by atoms with E-state index in [4.69, 9.17) is 0 Å². The number of hydrogen-bond acceptors (Lipinski definition) is 2. The molecule has 1 unspecified atom stereocenters. The number of aliphatic imine (C=N–C) groups is 1. The summed E-state index contributed by atoms with van der Waals surface area (Å²) in [6.45, 7) is 4.24. The molecule has 116 valence electrons. The lowest BCUT2D eigenvalue weighted by molar-refractivity contribution is 0.656. The minimum atomic E-state index is 0. The summed E-state index contributed by atoms with van der Waals surface area (Å²) in [6.07, 6.45) is 3.71. The van der Waals surface area contributed by atoms with Crippen LogP contribution in [-0.2, 0) is 6.42 Å². The molecule has 5 heteroatoms. The van der Waals surface area contributed by atoms with Gasteiger partial charge in [0.2, 0.25) is 0 Å². The van der Waals surface area contributed by atoms with E-state index in [1.165, 1.54) is 24.1 Å². The van der Waals surface area contributed by atoms with E-state index in [0.717, 1.165) is 25.5 Å². The van der Waals surface area contributed by atoms with Gasteiger partial charge < -0.3 is 15.5 Å². The van der Waals surface area contributed by atoms with Crippen molar-refractivity contribution in [1.29, 1.82) is 0 Å². The van der Waals surface area contributed by atoms with Gasteiger partial charge in [0.15, 0.2) is 5.96 Å². The summed E-state index contributed by atoms with van der Waals surface area (Å²) in [6, 6.07) is 9.97. The summed E-state index contributed by atoms with van der Waals surface area (Å²) in [5.41, 5.74) is 2.87. The van der Waals surface area contributed by atoms with Gasteiger partial charge in [0.25, 0.3) is 0 Å². The molecular formula is C16H25IN4. The van der Waals surface area contributed by atoms with Crippen LogP contribution in [0.4, 0.5) is 5.69 Å². The van der Waals surface area contributed by atoms with E-state index in [9.17, 15) is 0 Å². The predicted molar refractivity (Wildman–Crippen MR) is 99.9 cm³/mol. The lowest BCUT2D eigenvalue weighted by Crippen LogP contribution is -2.43. The van der Waals surface area contributed by atoms with Crippen molar-refractivity contribution in [3.05, 3.63) is 29.8 Å². The van der Waals surface area contributed by atoms with Crippen molar-refractivity contribution in [2.45, 2.75) is 38.3 Å². The van der Waals surface area contributed by atoms with Crippen LogP contribution < -0.4 is 15.5 Å². The molecule has 3 rings (SSSR count). The van der Waals surface area contributed by atoms with Crippen molar-refractivity contribution in [1.82, 2.24) is 10.6 Å². The second-order valence-electron chi connectivity index (χ2n) is 5.79. The van der Waals surface area contributed by atoms with Crippen molar-refractivity contribution in [3.8, 4) is 0 Å². The van der Waals surface area contributed by atoms with Gasteiger partial charge in [-0.25, -0.2) is 0 Å². The molecule has 1 aromatic carbocycles. The number of hydrogen-bond donors (Lipinski definition) is 2. The van der Waals surface area contributed by atoms with Crippen molar-refractivity contribution < 1.29 is 0 Å². The molecule has 4 nitrogen and oxygen atoms in total. The molecule has 0 aromatic heterocycles. The summed E-state index contributed by atoms with van der Waals surface area (Å²) in [5, 5.41) is 6.83. The van der Waals surface area contributed by atoms with Crippen LogP contribution >= 0.6 is 24.0 Å². The first-order valence-electron chi connectivity index (χ1n) is 7.59. The Morgan fingerprint density at radius 3 is 2.81 bits per heavy atom. The van der Waals surface area contributed by atoms with Gasteiger partial charge in [-0.3, -0.25) is 4.99 Å². The Labute approximate surface area is 144 Å². The SMILES string of the molecule is CN=C(NCCN1c2ccccc2CC1C)NC1CC1.I. The van der Waals surface area contributed by atoms with E-state index in [-0.39, 0.29) is 24.0 Å². The number of rotatable bonds is 4. The van der Waals surface area contributed by atoms with Gasteiger partial charge in [0.1, 0.15) is 0 Å². The van der Waals surface area contributed by atoms with E-state index in [1.54, 1.807) is 0 Å². The summed E-state index contributed by atoms with van der Waals surface area (Å²) in [5.74, 6) is 0.938. The first-order chi connectivity index (χ1) is 9.78. The Hall–Kier alpha value is -0.980. The number of nitrogens with one attached hydrogen (secondary N) is 2. The Morgan fingerprint density at radius 2 is 2.10 bits per heavy atom. The summed E-state index contributed by atoms with van der Waals surface area (Å²) >= 11 is 0. The van der Waals surface area contributed by atoms with Crippen LogP contribution in [0.1, 0.15) is 25.3 Å². The maximum absolute atomic E-state index is 4.27. The standard InChI is InChI=1S/C16H24N4.HI/c1-12-11-13-5-3-4-6-15(13)20(12)10-9-18-16(17-2)19-14-7-8-14;/h3-6,12,14H,7-11H2,1-2H3,(H2,17,18,19);1H. The Bertz CT molecular complexity index is 499. The van der Waals surface area contributed by atoms with Gasteiger partial charge in [0.05, 0.1) is 0 Å². The molecule has 1 saturated carbocycles. The van der Waals surface area contributed by atoms with E-state index in [1.807, 2.05) is 7.05 Å². The Balaban J connectivity index is 0.00000161. The van der Waals surface area contributed by atoms with Gasteiger partial charge in [0, 0.05) is 37.9 Å². The van der Waals surface area contributed by atoms with Crippen LogP contribution in [-0.4, -0.2) is 38.2 Å². The highest BCUT2D eigenvalue weighted by Crippen LogP contribution is 2.31. The smallest absolute Gasteiger partial charge is 0.191 e. The molecule has 0 spiro atoms. The zero-order valence-corrected chi connectivity index (χ0v) is 15.1. The second kappa shape index (κ2) is 7.33. The highest BCUT2D eigenvalue weighted by Gasteiger charge is 2.25. The number of halogens is 1. The van der Waals surface area contributed by atoms with Crippen molar-refractivity contribution in [2.24, 2.45) is 4.99 Å². The Morgan fingerprint density at radius 1 is 1.33 bits per heavy atom. The molecule has 2 aliphatic rings. The van der Waals surface area contributed by atoms with Gasteiger partial charge >= 0.3 is 0 Å². The third kappa shape index (κ3) is 4.02. The van der Waals surface area contributed by atoms with E-state index < -0.39 is 0 Å². The maximum Gasteiger partial charge on any atom is 0.191 e. The molecule has 1 aliphatic carbocycles. The molecule has 1 fully saturated rings. The van der Waals surface area contributed by atoms with Crippen LogP contribution in [0.15, 0.2) is 29.3 Å². The first-order valence-corrected chi connectivity index (χ1v) is 7.59. The van der Waals surface area contributed by atoms with Crippen molar-refractivity contribution in [3.63, 3.8) is 0 Å². The van der Waals surface area contributed by atoms with Gasteiger partial charge in [-0.2, -0.15) is 0 Å². The normalized spacial score (nSPS) is 20.8. The number of nitrogens with zero attached hydrogens (tertiary/aromatic N) is 2. The number of fused-ring (bicyclic) bond motifs is 1. The third-order valence-electron chi connectivity index (χ3n) is 4.14. The third-order valence-corrected chi connectivity index (χ3v) is 4.14. The number of para-hydroxylation sites is 1. The fourth-order valence-corrected chi connectivity index (χ4v) is 2.88. The van der Waals surface area contributed by atoms with Crippen LogP contribution in [0.25, 0.3) is 0 Å². The molecule has 0 amide bonds. The highest BCUT2D eigenvalue weighted by atomic mass is 127. The molecule has 1 atom stereocenters. The number of guanidine groups is 1. The summed E-state index contributed by atoms with van der Waals surface area (Å²) in [7, 11) is 1.84. The molecule has 21 heavy (non-hydrogen) atoms. The molecule has 1 aromatic rings. The van der Waals surface area contributed by atoms with Crippen molar-refractivity contribution >= 4 is 35.6 Å². The highest BCUT2D eigenvalue weighted by molar-refractivity contribution is 14.0. The molecule has 2 N–H and O–H groups in total. The number of anilines is 1. The first kappa shape index (κ1) is 16.4. The van der Waals surface area contributed by atoms with E-state index >= 15 is 0 Å². The van der Waals surface area contributed by atoms with Gasteiger partial charge in [-0.1, -0.05) is 18.2 Å². The van der Waals surface area contributed by atoms with Crippen LogP contribution in [0.3, 0.4) is 0 Å². The quantitative estimate of drug-likeness (QED) is 0.463. The van der Waals surface area contributed by atoms with Crippen LogP contribution in [0.2, 0.25) is 0 Å². The van der Waals surface area contributed by atoms with E-state index in [0.29, 0.717) is 12.1 Å². The predicted octanol–water partition coefficient (Wildman–Crippen LogP) is 2.38. The molecule has 1 aliphatic heterocycles. The second-order valence-corrected chi connectivity index (χ2v) is 5.79. The monoisotopic (exact) mass is 400 g/mol. The summed E-state index contributed by atoms with van der Waals surface area (Å²) < 4.78 is 0. The molecule has 1 heterocycles. The number of benzene rings is 1. The minimum Gasteiger partial charge on any atom is -0.367 e. The average Bonchev–Trinajstić information content (AvgIpc) is 3.21. The minimum absolute atomic E-state index is 0. The molecule has 0 bridgehead atoms. The molecule has 0 radical (unpaired) electrons.